The fourth-order valence-electron chi connectivity index (χ4n) is 4.31. The molecule has 0 radical (unpaired) electrons. The van der Waals surface area contributed by atoms with E-state index in [1.54, 1.807) is 6.20 Å². The first-order valence-corrected chi connectivity index (χ1v) is 10.2. The van der Waals surface area contributed by atoms with Gasteiger partial charge in [0, 0.05) is 18.4 Å². The summed E-state index contributed by atoms with van der Waals surface area (Å²) >= 11 is 0. The van der Waals surface area contributed by atoms with E-state index in [2.05, 4.69) is 70.3 Å². The number of primary amides is 1. The van der Waals surface area contributed by atoms with Crippen molar-refractivity contribution >= 4 is 11.6 Å². The molecule has 5 rings (SSSR count). The standard InChI is InChI=1S/C24H24N4O2/c1-16-2-4-18(5-3-16)24(14-30-15-24)19-6-8-20(9-7-19)28-11-10-17-12-26-23(22(25)29)27-21(17)13-28/h2-9,12H,10-11,13-15H2,1H3,(H2,25,29). The van der Waals surface area contributed by atoms with Crippen molar-refractivity contribution in [1.82, 2.24) is 9.97 Å². The quantitative estimate of drug-likeness (QED) is 0.728. The van der Waals surface area contributed by atoms with E-state index in [-0.39, 0.29) is 11.2 Å². The molecule has 0 saturated carbocycles. The molecule has 0 aliphatic carbocycles. The second-order valence-corrected chi connectivity index (χ2v) is 8.19. The predicted molar refractivity (Wildman–Crippen MR) is 115 cm³/mol. The molecule has 0 bridgehead atoms. The first-order chi connectivity index (χ1) is 14.5. The fourth-order valence-corrected chi connectivity index (χ4v) is 4.31. The van der Waals surface area contributed by atoms with Gasteiger partial charge in [0.1, 0.15) is 0 Å². The molecule has 2 aliphatic rings. The Morgan fingerprint density at radius 2 is 1.73 bits per heavy atom. The van der Waals surface area contributed by atoms with Crippen molar-refractivity contribution in [2.24, 2.45) is 5.73 Å². The van der Waals surface area contributed by atoms with E-state index in [1.165, 1.54) is 16.7 Å². The van der Waals surface area contributed by atoms with Crippen LogP contribution in [0.3, 0.4) is 0 Å². The van der Waals surface area contributed by atoms with Gasteiger partial charge in [0.05, 0.1) is 30.9 Å². The Hall–Kier alpha value is -3.25. The third-order valence-corrected chi connectivity index (χ3v) is 6.25. The molecule has 0 spiro atoms. The van der Waals surface area contributed by atoms with E-state index in [9.17, 15) is 4.79 Å². The number of amides is 1. The number of aromatic nitrogens is 2. The van der Waals surface area contributed by atoms with Crippen molar-refractivity contribution < 1.29 is 9.53 Å². The molecule has 3 heterocycles. The van der Waals surface area contributed by atoms with Crippen LogP contribution in [0.1, 0.15) is 38.6 Å². The molecule has 1 aromatic heterocycles. The largest absolute Gasteiger partial charge is 0.379 e. The zero-order valence-corrected chi connectivity index (χ0v) is 17.0. The van der Waals surface area contributed by atoms with Crippen LogP contribution in [0, 0.1) is 6.92 Å². The predicted octanol–water partition coefficient (Wildman–Crippen LogP) is 2.76. The molecule has 0 atom stereocenters. The monoisotopic (exact) mass is 400 g/mol. The molecule has 6 nitrogen and oxygen atoms in total. The number of rotatable bonds is 4. The molecule has 2 aliphatic heterocycles. The Morgan fingerprint density at radius 1 is 1.07 bits per heavy atom. The van der Waals surface area contributed by atoms with Gasteiger partial charge in [0.15, 0.2) is 0 Å². The van der Waals surface area contributed by atoms with Gasteiger partial charge in [-0.15, -0.1) is 0 Å². The van der Waals surface area contributed by atoms with Gasteiger partial charge in [-0.05, 0) is 42.2 Å². The second kappa shape index (κ2) is 7.22. The second-order valence-electron chi connectivity index (χ2n) is 8.19. The molecule has 1 amide bonds. The highest BCUT2D eigenvalue weighted by atomic mass is 16.5. The lowest BCUT2D eigenvalue weighted by molar-refractivity contribution is -0.0379. The molecule has 2 aromatic carbocycles. The average molecular weight is 400 g/mol. The Morgan fingerprint density at radius 3 is 2.33 bits per heavy atom. The van der Waals surface area contributed by atoms with E-state index in [0.29, 0.717) is 19.8 Å². The van der Waals surface area contributed by atoms with Crippen molar-refractivity contribution in [3.63, 3.8) is 0 Å². The number of aryl methyl sites for hydroxylation is 1. The van der Waals surface area contributed by atoms with Crippen LogP contribution in [-0.2, 0) is 23.1 Å². The molecule has 3 aromatic rings. The van der Waals surface area contributed by atoms with Crippen molar-refractivity contribution in [1.29, 1.82) is 0 Å². The highest BCUT2D eigenvalue weighted by molar-refractivity contribution is 5.88. The number of benzene rings is 2. The number of hydrogen-bond acceptors (Lipinski definition) is 5. The number of carbonyl (C=O) groups is 1. The summed E-state index contributed by atoms with van der Waals surface area (Å²) in [5.41, 5.74) is 12.2. The molecule has 6 heteroatoms. The fraction of sp³-hybridized carbons (Fsp3) is 0.292. The summed E-state index contributed by atoms with van der Waals surface area (Å²) in [6, 6.07) is 17.5. The summed E-state index contributed by atoms with van der Waals surface area (Å²) in [6.07, 6.45) is 2.57. The Balaban J connectivity index is 1.40. The molecule has 30 heavy (non-hydrogen) atoms. The molecule has 0 unspecified atom stereocenters. The summed E-state index contributed by atoms with van der Waals surface area (Å²) in [7, 11) is 0. The SMILES string of the molecule is Cc1ccc(C2(c3ccc(N4CCc5cnc(C(N)=O)nc5C4)cc3)COC2)cc1. The third kappa shape index (κ3) is 3.13. The number of hydrogen-bond donors (Lipinski definition) is 1. The van der Waals surface area contributed by atoms with Gasteiger partial charge in [-0.2, -0.15) is 0 Å². The van der Waals surface area contributed by atoms with Crippen LogP contribution < -0.4 is 10.6 Å². The van der Waals surface area contributed by atoms with Crippen LogP contribution in [-0.4, -0.2) is 35.6 Å². The summed E-state index contributed by atoms with van der Waals surface area (Å²) < 4.78 is 5.63. The van der Waals surface area contributed by atoms with Crippen LogP contribution in [0.25, 0.3) is 0 Å². The number of nitrogens with two attached hydrogens (primary N) is 1. The first kappa shape index (κ1) is 18.8. The van der Waals surface area contributed by atoms with Crippen molar-refractivity contribution in [3.05, 3.63) is 88.5 Å². The zero-order chi connectivity index (χ0) is 20.7. The Labute approximate surface area is 175 Å². The molecule has 2 N–H and O–H groups in total. The average Bonchev–Trinajstić information content (AvgIpc) is 2.74. The smallest absolute Gasteiger partial charge is 0.286 e. The zero-order valence-electron chi connectivity index (χ0n) is 17.0. The maximum Gasteiger partial charge on any atom is 0.286 e. The number of ether oxygens (including phenoxy) is 1. The first-order valence-electron chi connectivity index (χ1n) is 10.2. The lowest BCUT2D eigenvalue weighted by Crippen LogP contribution is -2.47. The molecule has 1 fully saturated rings. The molecule has 1 saturated heterocycles. The Bertz CT molecular complexity index is 1090. The Kier molecular flexibility index (Phi) is 4.51. The normalized spacial score (nSPS) is 17.2. The highest BCUT2D eigenvalue weighted by Crippen LogP contribution is 2.40. The number of nitrogens with zero attached hydrogens (tertiary/aromatic N) is 3. The highest BCUT2D eigenvalue weighted by Gasteiger charge is 2.42. The van der Waals surface area contributed by atoms with Gasteiger partial charge < -0.3 is 15.4 Å². The van der Waals surface area contributed by atoms with Crippen molar-refractivity contribution in [3.8, 4) is 0 Å². The van der Waals surface area contributed by atoms with Gasteiger partial charge in [-0.25, -0.2) is 9.97 Å². The minimum atomic E-state index is -0.594. The van der Waals surface area contributed by atoms with E-state index < -0.39 is 5.91 Å². The maximum absolute atomic E-state index is 11.4. The van der Waals surface area contributed by atoms with E-state index >= 15 is 0 Å². The van der Waals surface area contributed by atoms with Crippen LogP contribution >= 0.6 is 0 Å². The summed E-state index contributed by atoms with van der Waals surface area (Å²) in [5.74, 6) is -0.514. The van der Waals surface area contributed by atoms with Gasteiger partial charge in [0.25, 0.3) is 5.91 Å². The van der Waals surface area contributed by atoms with Crippen LogP contribution in [0.2, 0.25) is 0 Å². The number of anilines is 1. The minimum absolute atomic E-state index is 0.0651. The van der Waals surface area contributed by atoms with Crippen LogP contribution in [0.5, 0.6) is 0 Å². The van der Waals surface area contributed by atoms with Gasteiger partial charge in [-0.3, -0.25) is 4.79 Å². The summed E-state index contributed by atoms with van der Waals surface area (Å²) in [4.78, 5) is 22.1. The molecule has 152 valence electrons. The van der Waals surface area contributed by atoms with E-state index in [4.69, 9.17) is 10.5 Å². The molecular weight excluding hydrogens is 376 g/mol. The third-order valence-electron chi connectivity index (χ3n) is 6.25. The van der Waals surface area contributed by atoms with Gasteiger partial charge >= 0.3 is 0 Å². The summed E-state index contributed by atoms with van der Waals surface area (Å²) in [5, 5.41) is 0. The van der Waals surface area contributed by atoms with E-state index in [0.717, 1.165) is 29.9 Å². The molecular formula is C24H24N4O2. The van der Waals surface area contributed by atoms with Crippen LogP contribution in [0.4, 0.5) is 5.69 Å². The van der Waals surface area contributed by atoms with E-state index in [1.807, 2.05) is 0 Å². The number of carbonyl (C=O) groups excluding carboxylic acids is 1. The van der Waals surface area contributed by atoms with Crippen LogP contribution in [0.15, 0.2) is 54.7 Å². The van der Waals surface area contributed by atoms with Crippen molar-refractivity contribution in [2.45, 2.75) is 25.3 Å². The van der Waals surface area contributed by atoms with Gasteiger partial charge in [-0.1, -0.05) is 42.0 Å². The lowest BCUT2D eigenvalue weighted by Gasteiger charge is -2.43. The number of fused-ring (bicyclic) bond motifs is 1. The van der Waals surface area contributed by atoms with Crippen molar-refractivity contribution in [2.75, 3.05) is 24.7 Å². The minimum Gasteiger partial charge on any atom is -0.379 e. The van der Waals surface area contributed by atoms with Gasteiger partial charge in [0.2, 0.25) is 5.82 Å². The lowest BCUT2D eigenvalue weighted by atomic mass is 9.73. The topological polar surface area (TPSA) is 81.3 Å². The summed E-state index contributed by atoms with van der Waals surface area (Å²) in [6.45, 7) is 5.05. The maximum atomic E-state index is 11.4.